The molecule has 0 radical (unpaired) electrons. The van der Waals surface area contributed by atoms with Crippen molar-refractivity contribution in [2.45, 2.75) is 81.1 Å². The van der Waals surface area contributed by atoms with Gasteiger partial charge in [0.15, 0.2) is 0 Å². The predicted octanol–water partition coefficient (Wildman–Crippen LogP) is 17.8. The second kappa shape index (κ2) is 26.2. The molecule has 1 aliphatic rings. The number of rotatable bonds is 20. The summed E-state index contributed by atoms with van der Waals surface area (Å²) in [6.45, 7) is 29.5. The lowest BCUT2D eigenvalue weighted by molar-refractivity contribution is 0.967. The maximum Gasteiger partial charge on any atom is 0.0538 e. The Kier molecular flexibility index (Phi) is 19.4. The van der Waals surface area contributed by atoms with Gasteiger partial charge in [0.05, 0.1) is 5.52 Å². The molecular weight excluding hydrogens is 859 g/mol. The molecule has 0 atom stereocenters. The van der Waals surface area contributed by atoms with Crippen LogP contribution in [0.25, 0.3) is 63.3 Å². The van der Waals surface area contributed by atoms with E-state index in [1.54, 1.807) is 0 Å². The number of aromatic nitrogens is 2. The molecule has 2 heterocycles. The molecule has 0 N–H and O–H groups in total. The highest BCUT2D eigenvalue weighted by Crippen LogP contribution is 2.37. The van der Waals surface area contributed by atoms with Gasteiger partial charge in [-0.15, -0.1) is 0 Å². The first-order valence-corrected chi connectivity index (χ1v) is 25.2. The second-order valence-electron chi connectivity index (χ2n) is 17.3. The van der Waals surface area contributed by atoms with E-state index < -0.39 is 0 Å². The SMILES string of the molecule is C=C/C=C\c1c(C)n(-c2cc(-c3ccc(N(C(/C=C\C)=C4\C=CC=CC4)/C(C=C)=C/C=C\C)cc3)cc(-n3c(/C=C\CC/C=C\C=C/C)c(C)c4cc(/C(=C/C=C\C)CC)ccc43)c2)c(=C/C)/c1=C\C=C. The number of unbranched alkanes of at least 4 members (excludes halogenated alkanes) is 1. The number of hydrogen-bond donors (Lipinski definition) is 0. The van der Waals surface area contributed by atoms with Crippen LogP contribution in [0.2, 0.25) is 0 Å². The third-order valence-electron chi connectivity index (χ3n) is 12.8. The van der Waals surface area contributed by atoms with Gasteiger partial charge in [0, 0.05) is 61.4 Å². The van der Waals surface area contributed by atoms with Crippen molar-refractivity contribution < 1.29 is 0 Å². The molecule has 0 unspecified atom stereocenters. The number of anilines is 1. The summed E-state index contributed by atoms with van der Waals surface area (Å²) < 4.78 is 4.87. The van der Waals surface area contributed by atoms with E-state index in [-0.39, 0.29) is 0 Å². The van der Waals surface area contributed by atoms with Crippen molar-refractivity contribution in [2.75, 3.05) is 4.90 Å². The first kappa shape index (κ1) is 52.5. The number of hydrogen-bond acceptors (Lipinski definition) is 1. The summed E-state index contributed by atoms with van der Waals surface area (Å²) in [7, 11) is 0. The van der Waals surface area contributed by atoms with Gasteiger partial charge in [0.2, 0.25) is 0 Å². The molecule has 5 aromatic rings. The van der Waals surface area contributed by atoms with Gasteiger partial charge in [-0.2, -0.15) is 0 Å². The van der Waals surface area contributed by atoms with Crippen molar-refractivity contribution in [1.29, 1.82) is 0 Å². The maximum absolute atomic E-state index is 4.28. The lowest BCUT2D eigenvalue weighted by Crippen LogP contribution is -2.29. The van der Waals surface area contributed by atoms with Crippen molar-refractivity contribution in [2.24, 2.45) is 0 Å². The average Bonchev–Trinajstić information content (AvgIpc) is 3.83. The molecule has 0 saturated heterocycles. The van der Waals surface area contributed by atoms with Crippen LogP contribution in [0.15, 0.2) is 225 Å². The van der Waals surface area contributed by atoms with Crippen LogP contribution in [-0.4, -0.2) is 9.13 Å². The van der Waals surface area contributed by atoms with Crippen molar-refractivity contribution >= 4 is 46.5 Å². The van der Waals surface area contributed by atoms with E-state index in [2.05, 4.69) is 264 Å². The molecule has 360 valence electrons. The standard InChI is InChI=1S/C68H73N3/c1-12-21-25-26-27-28-32-40-66-51(10)64-49-56(53(18-7)35-22-13-2)43-46-68(64)71(66)61-48-57(47-60(50-61)69-52(11)62(39-24-15-4)63(33-16-5)65(69)20-9)54-41-44-59(45-42-54)70(58(19-8)38-23-14-3)67(34-17-6)55-36-30-29-31-37-55/h12-17,19-26,29-36,38-50H,4-5,8,18,27-28,37H2,1-3,6-7,9-11H3/b21-12-,22-13-,23-14-,26-25-,34-17-,39-24-,40-32-,53-35+,58-38+,63-33-,65-20+,67-55+. The second-order valence-corrected chi connectivity index (χ2v) is 17.3. The van der Waals surface area contributed by atoms with Crippen LogP contribution in [0.1, 0.15) is 95.3 Å². The van der Waals surface area contributed by atoms with E-state index in [4.69, 9.17) is 0 Å². The monoisotopic (exact) mass is 932 g/mol. The fourth-order valence-electron chi connectivity index (χ4n) is 9.35. The highest BCUT2D eigenvalue weighted by Gasteiger charge is 2.21. The predicted molar refractivity (Wildman–Crippen MR) is 316 cm³/mol. The average molecular weight is 932 g/mol. The van der Waals surface area contributed by atoms with Gasteiger partial charge in [0.1, 0.15) is 0 Å². The zero-order valence-electron chi connectivity index (χ0n) is 43.5. The van der Waals surface area contributed by atoms with E-state index in [1.165, 1.54) is 33.4 Å². The van der Waals surface area contributed by atoms with E-state index in [9.17, 15) is 0 Å². The normalized spacial score (nSPS) is 15.0. The lowest BCUT2D eigenvalue weighted by atomic mass is 10.00. The number of fused-ring (bicyclic) bond motifs is 1. The topological polar surface area (TPSA) is 13.1 Å². The zero-order valence-corrected chi connectivity index (χ0v) is 43.5. The summed E-state index contributed by atoms with van der Waals surface area (Å²) in [4.78, 5) is 2.32. The molecule has 3 aromatic carbocycles. The van der Waals surface area contributed by atoms with E-state index in [1.807, 2.05) is 38.2 Å². The Morgan fingerprint density at radius 3 is 2.08 bits per heavy atom. The van der Waals surface area contributed by atoms with Crippen LogP contribution in [0.5, 0.6) is 0 Å². The number of benzene rings is 3. The third kappa shape index (κ3) is 12.1. The number of aryl methyl sites for hydroxylation is 1. The molecule has 71 heavy (non-hydrogen) atoms. The van der Waals surface area contributed by atoms with Crippen molar-refractivity contribution in [3.63, 3.8) is 0 Å². The van der Waals surface area contributed by atoms with Gasteiger partial charge in [-0.25, -0.2) is 0 Å². The van der Waals surface area contributed by atoms with Crippen LogP contribution >= 0.6 is 0 Å². The van der Waals surface area contributed by atoms with Gasteiger partial charge < -0.3 is 14.0 Å². The van der Waals surface area contributed by atoms with Gasteiger partial charge in [-0.3, -0.25) is 0 Å². The molecule has 0 spiro atoms. The summed E-state index contributed by atoms with van der Waals surface area (Å²) >= 11 is 0. The molecule has 1 aliphatic carbocycles. The maximum atomic E-state index is 4.28. The van der Waals surface area contributed by atoms with Gasteiger partial charge in [0.25, 0.3) is 0 Å². The molecular formula is C68H73N3. The first-order valence-electron chi connectivity index (χ1n) is 25.2. The molecule has 0 amide bonds. The summed E-state index contributed by atoms with van der Waals surface area (Å²) in [6, 6.07) is 23.1. The van der Waals surface area contributed by atoms with Crippen molar-refractivity contribution in [3.05, 3.63) is 264 Å². The summed E-state index contributed by atoms with van der Waals surface area (Å²) in [5.41, 5.74) is 17.1. The number of nitrogens with zero attached hydrogens (tertiary/aromatic N) is 3. The summed E-state index contributed by atoms with van der Waals surface area (Å²) in [6.07, 6.45) is 56.7. The fraction of sp³-hybridized carbons (Fsp3) is 0.176. The molecule has 0 fully saturated rings. The largest absolute Gasteiger partial charge is 0.313 e. The van der Waals surface area contributed by atoms with Gasteiger partial charge in [-0.1, -0.05) is 172 Å². The van der Waals surface area contributed by atoms with E-state index in [0.29, 0.717) is 0 Å². The molecule has 2 aromatic heterocycles. The molecule has 3 nitrogen and oxygen atoms in total. The Hall–Kier alpha value is -7.88. The Labute approximate surface area is 425 Å². The smallest absolute Gasteiger partial charge is 0.0538 e. The first-order chi connectivity index (χ1) is 34.7. The minimum absolute atomic E-state index is 0.841. The molecule has 0 saturated carbocycles. The minimum Gasteiger partial charge on any atom is -0.313 e. The fourth-order valence-corrected chi connectivity index (χ4v) is 9.35. The van der Waals surface area contributed by atoms with Crippen LogP contribution in [0.3, 0.4) is 0 Å². The Bertz CT molecular complexity index is 3250. The Balaban J connectivity index is 1.68. The minimum atomic E-state index is 0.841. The van der Waals surface area contributed by atoms with Crippen LogP contribution in [-0.2, 0) is 0 Å². The van der Waals surface area contributed by atoms with E-state index in [0.717, 1.165) is 92.6 Å². The molecule has 0 aliphatic heterocycles. The summed E-state index contributed by atoms with van der Waals surface area (Å²) in [5.74, 6) is 0. The van der Waals surface area contributed by atoms with Gasteiger partial charge in [-0.05, 0) is 174 Å². The lowest BCUT2D eigenvalue weighted by Gasteiger charge is -2.29. The van der Waals surface area contributed by atoms with Crippen LogP contribution in [0, 0.1) is 13.8 Å². The van der Waals surface area contributed by atoms with Crippen LogP contribution < -0.4 is 15.5 Å². The van der Waals surface area contributed by atoms with E-state index >= 15 is 0 Å². The molecule has 3 heteroatoms. The highest BCUT2D eigenvalue weighted by molar-refractivity contribution is 5.93. The van der Waals surface area contributed by atoms with Gasteiger partial charge >= 0.3 is 0 Å². The Morgan fingerprint density at radius 1 is 0.704 bits per heavy atom. The van der Waals surface area contributed by atoms with Crippen LogP contribution in [0.4, 0.5) is 5.69 Å². The zero-order chi connectivity index (χ0) is 50.7. The molecule has 6 rings (SSSR count). The molecule has 0 bridgehead atoms. The number of allylic oxidation sites excluding steroid dienone is 23. The quantitative estimate of drug-likeness (QED) is 0.0560. The Morgan fingerprint density at radius 2 is 1.44 bits per heavy atom. The summed E-state index contributed by atoms with van der Waals surface area (Å²) in [5, 5.41) is 3.46. The van der Waals surface area contributed by atoms with Crippen molar-refractivity contribution in [3.8, 4) is 22.5 Å². The van der Waals surface area contributed by atoms with Crippen molar-refractivity contribution in [1.82, 2.24) is 9.13 Å². The highest BCUT2D eigenvalue weighted by atomic mass is 15.2. The third-order valence-corrected chi connectivity index (χ3v) is 12.8.